The second-order valence-electron chi connectivity index (χ2n) is 13.7. The maximum atomic E-state index is 14.5. The van der Waals surface area contributed by atoms with Crippen molar-refractivity contribution in [3.05, 3.63) is 29.3 Å². The van der Waals surface area contributed by atoms with Gasteiger partial charge in [0, 0.05) is 6.42 Å². The number of halogens is 1. The van der Waals surface area contributed by atoms with Crippen molar-refractivity contribution in [2.24, 2.45) is 46.3 Å². The first-order valence-corrected chi connectivity index (χ1v) is 14.6. The molecule has 1 unspecified atom stereocenters. The number of benzene rings is 1. The van der Waals surface area contributed by atoms with Crippen LogP contribution in [0, 0.1) is 59.1 Å². The fraction of sp³-hybridized carbons (Fsp3) is 0.774. The van der Waals surface area contributed by atoms with E-state index >= 15 is 0 Å². The molecule has 5 heteroatoms. The van der Waals surface area contributed by atoms with Crippen molar-refractivity contribution in [1.29, 1.82) is 0 Å². The average Bonchev–Trinajstić information content (AvgIpc) is 3.43. The van der Waals surface area contributed by atoms with Crippen LogP contribution in [0.15, 0.2) is 12.1 Å². The first-order chi connectivity index (χ1) is 17.1. The zero-order valence-corrected chi connectivity index (χ0v) is 22.6. The zero-order chi connectivity index (χ0) is 25.4. The highest BCUT2D eigenvalue weighted by Crippen LogP contribution is 2.68. The van der Waals surface area contributed by atoms with Crippen molar-refractivity contribution in [2.75, 3.05) is 0 Å². The smallest absolute Gasteiger partial charge is 0.153 e. The highest BCUT2D eigenvalue weighted by atomic mass is 19.1. The van der Waals surface area contributed by atoms with Crippen LogP contribution in [0.25, 0.3) is 11.0 Å². The number of rotatable bonds is 4. The summed E-state index contributed by atoms with van der Waals surface area (Å²) in [5.41, 5.74) is 2.13. The Bertz CT molecular complexity index is 1130. The van der Waals surface area contributed by atoms with Crippen molar-refractivity contribution in [3.8, 4) is 0 Å². The molecule has 36 heavy (non-hydrogen) atoms. The van der Waals surface area contributed by atoms with Crippen molar-refractivity contribution in [2.45, 2.75) is 104 Å². The predicted molar refractivity (Wildman–Crippen MR) is 141 cm³/mol. The maximum Gasteiger partial charge on any atom is 0.153 e. The molecule has 1 aromatic carbocycles. The van der Waals surface area contributed by atoms with E-state index in [0.717, 1.165) is 49.9 Å². The van der Waals surface area contributed by atoms with Crippen molar-refractivity contribution in [1.82, 2.24) is 9.97 Å². The van der Waals surface area contributed by atoms with Gasteiger partial charge in [0.05, 0.1) is 17.7 Å². The Morgan fingerprint density at radius 1 is 1.08 bits per heavy atom. The van der Waals surface area contributed by atoms with Gasteiger partial charge in [-0.05, 0) is 123 Å². The number of hydrogen-bond acceptors (Lipinski definition) is 3. The fourth-order valence-corrected chi connectivity index (χ4v) is 10.0. The third-order valence-corrected chi connectivity index (χ3v) is 12.2. The summed E-state index contributed by atoms with van der Waals surface area (Å²) < 4.78 is 14.5. The Morgan fingerprint density at radius 3 is 2.69 bits per heavy atom. The van der Waals surface area contributed by atoms with Crippen LogP contribution < -0.4 is 0 Å². The molecule has 4 nitrogen and oxygen atoms in total. The van der Waals surface area contributed by atoms with Gasteiger partial charge in [0.15, 0.2) is 5.82 Å². The number of aliphatic hydroxyl groups excluding tert-OH is 2. The Labute approximate surface area is 215 Å². The van der Waals surface area contributed by atoms with Crippen LogP contribution in [0.4, 0.5) is 4.39 Å². The van der Waals surface area contributed by atoms with E-state index < -0.39 is 0 Å². The monoisotopic (exact) mass is 496 g/mol. The molecular formula is C31H45FN2O2. The number of hydrogen-bond donors (Lipinski definition) is 3. The molecule has 4 fully saturated rings. The number of aromatic nitrogens is 2. The van der Waals surface area contributed by atoms with Gasteiger partial charge in [-0.25, -0.2) is 9.37 Å². The summed E-state index contributed by atoms with van der Waals surface area (Å²) in [6.07, 6.45) is 10.4. The average molecular weight is 497 g/mol. The van der Waals surface area contributed by atoms with E-state index in [4.69, 9.17) is 0 Å². The molecule has 6 rings (SSSR count). The van der Waals surface area contributed by atoms with Crippen LogP contribution in [-0.2, 0) is 6.42 Å². The molecule has 0 bridgehead atoms. The quantitative estimate of drug-likeness (QED) is 0.448. The van der Waals surface area contributed by atoms with Gasteiger partial charge >= 0.3 is 0 Å². The Kier molecular flexibility index (Phi) is 6.07. The number of aliphatic hydroxyl groups is 2. The third-order valence-electron chi connectivity index (χ3n) is 12.2. The SMILES string of the molecule is Cc1ccc2[nH]c(CCC(C)[C@H]3CC[C@H]4[C@@H]5CC[C@@H]6C[C@H](O)CC[C@]6(C)[C@H]5C[C@H](O)[C@]34C)nc2c1F. The lowest BCUT2D eigenvalue weighted by Crippen LogP contribution is -2.58. The minimum Gasteiger partial charge on any atom is -0.393 e. The number of H-pyrrole nitrogens is 1. The largest absolute Gasteiger partial charge is 0.393 e. The number of nitrogens with one attached hydrogen (secondary N) is 1. The standard InChI is InChI=1S/C31H45FN2O2/c1-17(6-12-27-33-25-11-5-18(2)28(32)29(25)34-27)22-9-10-23-21-8-7-19-15-20(35)13-14-30(19,3)24(21)16-26(36)31(22,23)4/h5,11,17,19-24,26,35-36H,6-10,12-16H2,1-4H3,(H,33,34)/t17?,19-,20-,21+,22-,23+,24+,26+,30+,31-/m1/s1. The Balaban J connectivity index is 1.18. The Hall–Kier alpha value is -1.46. The molecule has 4 aliphatic rings. The van der Waals surface area contributed by atoms with Crippen molar-refractivity contribution >= 4 is 11.0 Å². The normalized spacial score (nSPS) is 43.1. The van der Waals surface area contributed by atoms with Gasteiger partial charge in [0.1, 0.15) is 11.3 Å². The van der Waals surface area contributed by atoms with E-state index in [0.29, 0.717) is 46.6 Å². The summed E-state index contributed by atoms with van der Waals surface area (Å²) in [5, 5.41) is 22.1. The Morgan fingerprint density at radius 2 is 1.89 bits per heavy atom. The van der Waals surface area contributed by atoms with E-state index in [-0.39, 0.29) is 28.9 Å². The van der Waals surface area contributed by atoms with Crippen molar-refractivity contribution < 1.29 is 14.6 Å². The summed E-state index contributed by atoms with van der Waals surface area (Å²) in [4.78, 5) is 7.93. The number of fused-ring (bicyclic) bond motifs is 6. The number of imidazole rings is 1. The van der Waals surface area contributed by atoms with Gasteiger partial charge in [-0.3, -0.25) is 0 Å². The lowest BCUT2D eigenvalue weighted by Gasteiger charge is -2.62. The first kappa shape index (κ1) is 24.9. The van der Waals surface area contributed by atoms with E-state index in [1.54, 1.807) is 6.92 Å². The number of aryl methyl sites for hydroxylation is 2. The van der Waals surface area contributed by atoms with Gasteiger partial charge < -0.3 is 15.2 Å². The maximum absolute atomic E-state index is 14.5. The van der Waals surface area contributed by atoms with E-state index in [1.807, 2.05) is 12.1 Å². The van der Waals surface area contributed by atoms with E-state index in [2.05, 4.69) is 30.7 Å². The fourth-order valence-electron chi connectivity index (χ4n) is 10.0. The lowest BCUT2D eigenvalue weighted by atomic mass is 9.43. The topological polar surface area (TPSA) is 69.1 Å². The summed E-state index contributed by atoms with van der Waals surface area (Å²) in [6, 6.07) is 3.73. The van der Waals surface area contributed by atoms with E-state index in [1.165, 1.54) is 25.7 Å². The third kappa shape index (κ3) is 3.62. The molecular weight excluding hydrogens is 451 g/mol. The molecule has 0 radical (unpaired) electrons. The van der Waals surface area contributed by atoms with Gasteiger partial charge in [-0.2, -0.15) is 0 Å². The van der Waals surface area contributed by atoms with Crippen molar-refractivity contribution in [3.63, 3.8) is 0 Å². The van der Waals surface area contributed by atoms with E-state index in [9.17, 15) is 14.6 Å². The number of aromatic amines is 1. The van der Waals surface area contributed by atoms with Gasteiger partial charge in [0.25, 0.3) is 0 Å². The van der Waals surface area contributed by atoms with Crippen LogP contribution in [0.5, 0.6) is 0 Å². The summed E-state index contributed by atoms with van der Waals surface area (Å²) in [6.45, 7) is 9.05. The highest BCUT2D eigenvalue weighted by molar-refractivity contribution is 5.76. The molecule has 198 valence electrons. The van der Waals surface area contributed by atoms with Crippen LogP contribution in [0.3, 0.4) is 0 Å². The van der Waals surface area contributed by atoms with Gasteiger partial charge in [-0.1, -0.05) is 26.8 Å². The minimum atomic E-state index is -0.246. The molecule has 0 saturated heterocycles. The lowest BCUT2D eigenvalue weighted by molar-refractivity contribution is -0.174. The second-order valence-corrected chi connectivity index (χ2v) is 13.7. The second kappa shape index (κ2) is 8.80. The molecule has 1 heterocycles. The van der Waals surface area contributed by atoms with Gasteiger partial charge in [-0.15, -0.1) is 0 Å². The summed E-state index contributed by atoms with van der Waals surface area (Å²) in [5.74, 6) is 4.19. The molecule has 0 spiro atoms. The summed E-state index contributed by atoms with van der Waals surface area (Å²) >= 11 is 0. The molecule has 4 aliphatic carbocycles. The molecule has 4 saturated carbocycles. The summed E-state index contributed by atoms with van der Waals surface area (Å²) in [7, 11) is 0. The molecule has 1 aromatic heterocycles. The van der Waals surface area contributed by atoms with Crippen LogP contribution in [0.1, 0.15) is 89.9 Å². The first-order valence-electron chi connectivity index (χ1n) is 14.6. The van der Waals surface area contributed by atoms with Crippen LogP contribution in [0.2, 0.25) is 0 Å². The predicted octanol–water partition coefficient (Wildman–Crippen LogP) is 6.57. The molecule has 3 N–H and O–H groups in total. The van der Waals surface area contributed by atoms with Crippen LogP contribution >= 0.6 is 0 Å². The molecule has 2 aromatic rings. The highest BCUT2D eigenvalue weighted by Gasteiger charge is 2.63. The molecule has 10 atom stereocenters. The minimum absolute atomic E-state index is 0.0188. The van der Waals surface area contributed by atoms with Crippen LogP contribution in [-0.4, -0.2) is 32.4 Å². The molecule has 0 amide bonds. The zero-order valence-electron chi connectivity index (χ0n) is 22.6. The molecule has 0 aliphatic heterocycles. The number of nitrogens with zero attached hydrogens (tertiary/aromatic N) is 1. The van der Waals surface area contributed by atoms with Gasteiger partial charge in [0.2, 0.25) is 0 Å².